The van der Waals surface area contributed by atoms with Crippen LogP contribution >= 0.6 is 0 Å². The van der Waals surface area contributed by atoms with Gasteiger partial charge in [0, 0.05) is 12.2 Å². The highest BCUT2D eigenvalue weighted by Crippen LogP contribution is 2.31. The second-order valence-corrected chi connectivity index (χ2v) is 4.39. The van der Waals surface area contributed by atoms with E-state index in [9.17, 15) is 18.0 Å². The summed E-state index contributed by atoms with van der Waals surface area (Å²) in [7, 11) is 0. The molecule has 2 nitrogen and oxygen atoms in total. The smallest absolute Gasteiger partial charge is 0.370 e. The molecule has 1 fully saturated rings. The first-order valence-corrected chi connectivity index (χ1v) is 5.73. The van der Waals surface area contributed by atoms with E-state index in [2.05, 4.69) is 0 Å². The molecule has 1 aliphatic rings. The summed E-state index contributed by atoms with van der Waals surface area (Å²) in [5.74, 6) is -0.223. The molecule has 0 radical (unpaired) electrons. The Labute approximate surface area is 103 Å². The van der Waals surface area contributed by atoms with Crippen molar-refractivity contribution in [3.8, 4) is 0 Å². The number of ether oxygens (including phenoxy) is 1. The molecule has 2 rings (SSSR count). The molecular formula is C13H13F3O2. The summed E-state index contributed by atoms with van der Waals surface area (Å²) in [5.41, 5.74) is -0.0795. The molecule has 0 N–H and O–H groups in total. The van der Waals surface area contributed by atoms with E-state index in [0.717, 1.165) is 18.6 Å². The average molecular weight is 258 g/mol. The molecule has 0 saturated carbocycles. The van der Waals surface area contributed by atoms with Gasteiger partial charge in [0.15, 0.2) is 5.78 Å². The summed E-state index contributed by atoms with van der Waals surface area (Å²) in [6.45, 7) is 2.05. The monoisotopic (exact) mass is 258 g/mol. The third kappa shape index (κ3) is 2.56. The van der Waals surface area contributed by atoms with Crippen molar-refractivity contribution in [1.82, 2.24) is 0 Å². The molecule has 0 bridgehead atoms. The van der Waals surface area contributed by atoms with Gasteiger partial charge in [-0.2, -0.15) is 13.2 Å². The maximum atomic E-state index is 12.5. The van der Waals surface area contributed by atoms with Crippen molar-refractivity contribution in [3.63, 3.8) is 0 Å². The molecule has 1 unspecified atom stereocenters. The van der Waals surface area contributed by atoms with Gasteiger partial charge < -0.3 is 4.74 Å². The van der Waals surface area contributed by atoms with Gasteiger partial charge in [-0.25, -0.2) is 0 Å². The first-order valence-electron chi connectivity index (χ1n) is 5.73. The Balaban J connectivity index is 2.27. The molecule has 98 valence electrons. The van der Waals surface area contributed by atoms with Crippen LogP contribution in [0.4, 0.5) is 13.2 Å². The molecule has 1 atom stereocenters. The number of Topliss-reactive ketones (excluding diaryl/α,β-unsaturated/α-hetero) is 1. The molecule has 1 saturated heterocycles. The zero-order valence-electron chi connectivity index (χ0n) is 9.88. The van der Waals surface area contributed by atoms with Gasteiger partial charge in [-0.15, -0.1) is 0 Å². The third-order valence-electron chi connectivity index (χ3n) is 3.04. The largest absolute Gasteiger partial charge is 0.416 e. The molecule has 0 aromatic heterocycles. The number of carbonyl (C=O) groups excluding carboxylic acids is 1. The van der Waals surface area contributed by atoms with Crippen molar-refractivity contribution in [2.45, 2.75) is 32.0 Å². The maximum Gasteiger partial charge on any atom is 0.416 e. The minimum atomic E-state index is -4.38. The van der Waals surface area contributed by atoms with Crippen LogP contribution in [0.3, 0.4) is 0 Å². The van der Waals surface area contributed by atoms with Gasteiger partial charge in [-0.05, 0) is 37.5 Å². The number of halogens is 3. The van der Waals surface area contributed by atoms with Crippen molar-refractivity contribution in [2.24, 2.45) is 0 Å². The molecule has 1 heterocycles. The van der Waals surface area contributed by atoms with Crippen molar-refractivity contribution in [3.05, 3.63) is 34.9 Å². The minimum Gasteiger partial charge on any atom is -0.370 e. The lowest BCUT2D eigenvalue weighted by atomic mass is 9.97. The van der Waals surface area contributed by atoms with Gasteiger partial charge in [-0.1, -0.05) is 6.07 Å². The predicted molar refractivity (Wildman–Crippen MR) is 59.5 cm³/mol. The Morgan fingerprint density at radius 2 is 2.11 bits per heavy atom. The standard InChI is InChI=1S/C13H13F3O2/c1-8-7-9(13(14,15)16)4-5-10(8)12(17)11-3-2-6-18-11/h4-5,7,11H,2-3,6H2,1H3. The zero-order chi connectivity index (χ0) is 13.3. The van der Waals surface area contributed by atoms with Crippen molar-refractivity contribution < 1.29 is 22.7 Å². The molecule has 0 amide bonds. The Morgan fingerprint density at radius 3 is 2.61 bits per heavy atom. The van der Waals surface area contributed by atoms with E-state index in [4.69, 9.17) is 4.74 Å². The lowest BCUT2D eigenvalue weighted by Gasteiger charge is -2.13. The van der Waals surface area contributed by atoms with Gasteiger partial charge in [0.25, 0.3) is 0 Å². The Morgan fingerprint density at radius 1 is 1.39 bits per heavy atom. The fourth-order valence-corrected chi connectivity index (χ4v) is 2.07. The van der Waals surface area contributed by atoms with E-state index in [0.29, 0.717) is 24.2 Å². The normalized spacial score (nSPS) is 20.1. The fraction of sp³-hybridized carbons (Fsp3) is 0.462. The lowest BCUT2D eigenvalue weighted by molar-refractivity contribution is -0.137. The highest BCUT2D eigenvalue weighted by atomic mass is 19.4. The molecule has 5 heteroatoms. The number of rotatable bonds is 2. The quantitative estimate of drug-likeness (QED) is 0.760. The Hall–Kier alpha value is -1.36. The number of carbonyl (C=O) groups is 1. The van der Waals surface area contributed by atoms with Gasteiger partial charge in [0.05, 0.1) is 5.56 Å². The summed E-state index contributed by atoms with van der Waals surface area (Å²) >= 11 is 0. The van der Waals surface area contributed by atoms with Gasteiger partial charge in [0.2, 0.25) is 0 Å². The van der Waals surface area contributed by atoms with Gasteiger partial charge >= 0.3 is 6.18 Å². The Kier molecular flexibility index (Phi) is 3.43. The van der Waals surface area contributed by atoms with Crippen LogP contribution < -0.4 is 0 Å². The first kappa shape index (κ1) is 13.1. The number of alkyl halides is 3. The van der Waals surface area contributed by atoms with E-state index < -0.39 is 17.8 Å². The number of benzene rings is 1. The maximum absolute atomic E-state index is 12.5. The molecule has 1 aromatic rings. The predicted octanol–water partition coefficient (Wildman–Crippen LogP) is 3.38. The summed E-state index contributed by atoms with van der Waals surface area (Å²) in [4.78, 5) is 12.0. The lowest BCUT2D eigenvalue weighted by Crippen LogP contribution is -2.20. The van der Waals surface area contributed by atoms with Crippen LogP contribution in [0.1, 0.15) is 34.3 Å². The van der Waals surface area contributed by atoms with E-state index >= 15 is 0 Å². The molecule has 1 aromatic carbocycles. The second kappa shape index (κ2) is 4.72. The summed E-state index contributed by atoms with van der Waals surface area (Å²) in [5, 5.41) is 0. The molecule has 0 aliphatic carbocycles. The number of aryl methyl sites for hydroxylation is 1. The Bertz CT molecular complexity index is 460. The van der Waals surface area contributed by atoms with Gasteiger partial charge in [-0.3, -0.25) is 4.79 Å². The second-order valence-electron chi connectivity index (χ2n) is 4.39. The van der Waals surface area contributed by atoms with E-state index in [1.165, 1.54) is 13.0 Å². The van der Waals surface area contributed by atoms with Crippen molar-refractivity contribution in [2.75, 3.05) is 6.61 Å². The van der Waals surface area contributed by atoms with Crippen LogP contribution in [0.15, 0.2) is 18.2 Å². The van der Waals surface area contributed by atoms with Crippen LogP contribution in [0.25, 0.3) is 0 Å². The zero-order valence-corrected chi connectivity index (χ0v) is 9.88. The van der Waals surface area contributed by atoms with Crippen molar-refractivity contribution in [1.29, 1.82) is 0 Å². The van der Waals surface area contributed by atoms with E-state index in [1.54, 1.807) is 0 Å². The fourth-order valence-electron chi connectivity index (χ4n) is 2.07. The van der Waals surface area contributed by atoms with Crippen LogP contribution in [-0.4, -0.2) is 18.5 Å². The highest BCUT2D eigenvalue weighted by Gasteiger charge is 2.32. The SMILES string of the molecule is Cc1cc(C(F)(F)F)ccc1C(=O)C1CCCO1. The van der Waals surface area contributed by atoms with Crippen LogP contribution in [0.2, 0.25) is 0 Å². The first-order chi connectivity index (χ1) is 8.39. The molecular weight excluding hydrogens is 245 g/mol. The van der Waals surface area contributed by atoms with E-state index in [1.807, 2.05) is 0 Å². The summed E-state index contributed by atoms with van der Waals surface area (Å²) in [6, 6.07) is 3.18. The number of hydrogen-bond donors (Lipinski definition) is 0. The molecule has 1 aliphatic heterocycles. The number of hydrogen-bond acceptors (Lipinski definition) is 2. The third-order valence-corrected chi connectivity index (χ3v) is 3.04. The highest BCUT2D eigenvalue weighted by molar-refractivity contribution is 6.00. The van der Waals surface area contributed by atoms with Crippen molar-refractivity contribution >= 4 is 5.78 Å². The molecule has 18 heavy (non-hydrogen) atoms. The number of ketones is 1. The van der Waals surface area contributed by atoms with Crippen LogP contribution in [-0.2, 0) is 10.9 Å². The molecule has 0 spiro atoms. The summed E-state index contributed by atoms with van der Waals surface area (Å²) in [6.07, 6.45) is -3.42. The average Bonchev–Trinajstić information content (AvgIpc) is 2.80. The van der Waals surface area contributed by atoms with E-state index in [-0.39, 0.29) is 5.78 Å². The van der Waals surface area contributed by atoms with Crippen LogP contribution in [0, 0.1) is 6.92 Å². The minimum absolute atomic E-state index is 0.223. The summed E-state index contributed by atoms with van der Waals surface area (Å²) < 4.78 is 42.7. The van der Waals surface area contributed by atoms with Gasteiger partial charge in [0.1, 0.15) is 6.10 Å². The topological polar surface area (TPSA) is 26.3 Å². The van der Waals surface area contributed by atoms with Crippen LogP contribution in [0.5, 0.6) is 0 Å².